The minimum atomic E-state index is 0.0146. The fourth-order valence-corrected chi connectivity index (χ4v) is 9.96. The Morgan fingerprint density at radius 3 is 1.91 bits per heavy atom. The Hall–Kier alpha value is -8.48. The molecule has 10 aromatic rings. The smallest absolute Gasteiger partial charge is 0.137 e. The SMILES string of the molecule is C=C1c2ccc(N(c3ccccc3)C3C=Cc4c(oc5ccccc45)C3)cc2Oc2ccc3c(c21)C(=C)Oc1cc(N(c2ccccc2)c2ccc4c(c2)oc2ccccc24)ccc1-3. The number of furan rings is 2. The molecule has 0 spiro atoms. The van der Waals surface area contributed by atoms with Crippen LogP contribution in [0.4, 0.5) is 28.4 Å². The molecule has 2 aliphatic heterocycles. The Bertz CT molecular complexity index is 3600. The molecule has 8 aromatic carbocycles. The topological polar surface area (TPSA) is 51.2 Å². The third kappa shape index (κ3) is 5.59. The summed E-state index contributed by atoms with van der Waals surface area (Å²) >= 11 is 0. The van der Waals surface area contributed by atoms with E-state index in [2.05, 4.69) is 163 Å². The lowest BCUT2D eigenvalue weighted by Crippen LogP contribution is -2.32. The first kappa shape index (κ1) is 36.2. The van der Waals surface area contributed by atoms with Crippen LogP contribution in [-0.4, -0.2) is 6.04 Å². The van der Waals surface area contributed by atoms with Gasteiger partial charge in [0.15, 0.2) is 0 Å². The molecule has 4 heterocycles. The van der Waals surface area contributed by atoms with E-state index in [1.54, 1.807) is 0 Å². The van der Waals surface area contributed by atoms with E-state index in [1.165, 1.54) is 0 Å². The number of benzene rings is 8. The first-order chi connectivity index (χ1) is 31.5. The van der Waals surface area contributed by atoms with E-state index < -0.39 is 0 Å². The lowest BCUT2D eigenvalue weighted by molar-refractivity contribution is 0.471. The lowest BCUT2D eigenvalue weighted by Gasteiger charge is -2.35. The maximum absolute atomic E-state index is 6.82. The molecule has 0 N–H and O–H groups in total. The van der Waals surface area contributed by atoms with Crippen molar-refractivity contribution in [2.45, 2.75) is 12.5 Å². The van der Waals surface area contributed by atoms with E-state index >= 15 is 0 Å². The number of fused-ring (bicyclic) bond motifs is 12. The maximum atomic E-state index is 6.82. The van der Waals surface area contributed by atoms with Crippen molar-refractivity contribution in [3.63, 3.8) is 0 Å². The number of para-hydroxylation sites is 4. The van der Waals surface area contributed by atoms with E-state index in [4.69, 9.17) is 18.3 Å². The Kier molecular flexibility index (Phi) is 7.93. The summed E-state index contributed by atoms with van der Waals surface area (Å²) in [5.74, 6) is 3.71. The Morgan fingerprint density at radius 2 is 1.08 bits per heavy atom. The van der Waals surface area contributed by atoms with Crippen molar-refractivity contribution in [2.75, 3.05) is 9.80 Å². The second kappa shape index (κ2) is 14.0. The van der Waals surface area contributed by atoms with Crippen LogP contribution >= 0.6 is 0 Å². The van der Waals surface area contributed by atoms with Gasteiger partial charge in [0, 0.05) is 97.0 Å². The van der Waals surface area contributed by atoms with Crippen LogP contribution in [0.5, 0.6) is 17.2 Å². The molecule has 6 nitrogen and oxygen atoms in total. The summed E-state index contributed by atoms with van der Waals surface area (Å²) in [6.45, 7) is 9.16. The highest BCUT2D eigenvalue weighted by Gasteiger charge is 2.33. The molecule has 3 aliphatic rings. The standard InChI is InChI=1S/C58H38N2O4/c1-35-43-25-21-39(59(37-13-5-3-6-14-37)41-22-26-46-44-17-9-11-19-50(44)62-55(46)33-41)31-53(43)64-52-30-29-49-48-28-24-40(32-54(48)61-36(2)58(49)57(35)52)60(38-15-7-4-8-16-38)42-23-27-47-45-18-10-12-20-51(45)63-56(47)34-42/h3-32,34,41H,1-2,33H2. The summed E-state index contributed by atoms with van der Waals surface area (Å²) < 4.78 is 26.2. The van der Waals surface area contributed by atoms with Crippen LogP contribution in [-0.2, 0) is 6.42 Å². The fraction of sp³-hybridized carbons (Fsp3) is 0.0345. The van der Waals surface area contributed by atoms with Gasteiger partial charge in [0.05, 0.1) is 6.04 Å². The molecule has 1 unspecified atom stereocenters. The third-order valence-electron chi connectivity index (χ3n) is 12.9. The van der Waals surface area contributed by atoms with Gasteiger partial charge in [-0.2, -0.15) is 0 Å². The van der Waals surface area contributed by atoms with Gasteiger partial charge in [-0.3, -0.25) is 0 Å². The second-order valence-corrected chi connectivity index (χ2v) is 16.5. The van der Waals surface area contributed by atoms with Crippen molar-refractivity contribution in [3.8, 4) is 28.4 Å². The first-order valence-electron chi connectivity index (χ1n) is 21.5. The average molecular weight is 827 g/mol. The molecule has 1 atom stereocenters. The highest BCUT2D eigenvalue weighted by Crippen LogP contribution is 2.54. The Balaban J connectivity index is 0.850. The zero-order valence-corrected chi connectivity index (χ0v) is 34.6. The third-order valence-corrected chi connectivity index (χ3v) is 12.9. The molecular weight excluding hydrogens is 789 g/mol. The molecule has 1 aliphatic carbocycles. The van der Waals surface area contributed by atoms with E-state index in [1.807, 2.05) is 48.5 Å². The summed E-state index contributed by atoms with van der Waals surface area (Å²) in [6.07, 6.45) is 5.21. The van der Waals surface area contributed by atoms with Crippen molar-refractivity contribution >= 4 is 78.8 Å². The predicted octanol–water partition coefficient (Wildman–Crippen LogP) is 15.8. The largest absolute Gasteiger partial charge is 0.460 e. The highest BCUT2D eigenvalue weighted by molar-refractivity contribution is 6.06. The molecule has 6 heteroatoms. The molecule has 2 aromatic heterocycles. The number of nitrogens with zero attached hydrogens (tertiary/aromatic N) is 2. The lowest BCUT2D eigenvalue weighted by atomic mass is 9.85. The first-order valence-corrected chi connectivity index (χ1v) is 21.5. The second-order valence-electron chi connectivity index (χ2n) is 16.5. The minimum absolute atomic E-state index is 0.0146. The van der Waals surface area contributed by atoms with Crippen LogP contribution in [0.15, 0.2) is 204 Å². The van der Waals surface area contributed by atoms with Gasteiger partial charge < -0.3 is 28.1 Å². The minimum Gasteiger partial charge on any atom is -0.460 e. The number of hydrogen-bond donors (Lipinski definition) is 0. The quantitative estimate of drug-likeness (QED) is 0.166. The molecule has 0 fully saturated rings. The van der Waals surface area contributed by atoms with Gasteiger partial charge in [-0.15, -0.1) is 0 Å². The van der Waals surface area contributed by atoms with Crippen molar-refractivity contribution in [3.05, 3.63) is 223 Å². The van der Waals surface area contributed by atoms with Gasteiger partial charge in [0.1, 0.15) is 45.5 Å². The average Bonchev–Trinajstić information content (AvgIpc) is 3.90. The van der Waals surface area contributed by atoms with Crippen LogP contribution in [0, 0.1) is 0 Å². The Labute approximate surface area is 369 Å². The fourth-order valence-electron chi connectivity index (χ4n) is 9.96. The molecule has 0 bridgehead atoms. The molecule has 304 valence electrons. The maximum Gasteiger partial charge on any atom is 0.137 e. The van der Waals surface area contributed by atoms with Gasteiger partial charge in [-0.05, 0) is 96.1 Å². The number of ether oxygens (including phenoxy) is 2. The summed E-state index contributed by atoms with van der Waals surface area (Å²) in [6, 6.07) is 60.6. The number of hydrogen-bond acceptors (Lipinski definition) is 6. The molecule has 64 heavy (non-hydrogen) atoms. The Morgan fingerprint density at radius 1 is 0.453 bits per heavy atom. The van der Waals surface area contributed by atoms with Crippen LogP contribution < -0.4 is 19.3 Å². The van der Waals surface area contributed by atoms with Crippen LogP contribution in [0.3, 0.4) is 0 Å². The predicted molar refractivity (Wildman–Crippen MR) is 259 cm³/mol. The van der Waals surface area contributed by atoms with Gasteiger partial charge in [-0.1, -0.05) is 98.1 Å². The van der Waals surface area contributed by atoms with Crippen molar-refractivity contribution in [1.82, 2.24) is 0 Å². The van der Waals surface area contributed by atoms with E-state index in [9.17, 15) is 0 Å². The number of rotatable bonds is 6. The number of anilines is 5. The van der Waals surface area contributed by atoms with Gasteiger partial charge in [0.2, 0.25) is 0 Å². The summed E-state index contributed by atoms with van der Waals surface area (Å²) in [5, 5.41) is 3.33. The molecule has 0 amide bonds. The van der Waals surface area contributed by atoms with Gasteiger partial charge in [-0.25, -0.2) is 0 Å². The van der Waals surface area contributed by atoms with E-state index in [0.29, 0.717) is 11.5 Å². The molecule has 0 saturated heterocycles. The van der Waals surface area contributed by atoms with Crippen LogP contribution in [0.1, 0.15) is 28.0 Å². The summed E-state index contributed by atoms with van der Waals surface area (Å²) in [7, 11) is 0. The zero-order valence-electron chi connectivity index (χ0n) is 34.6. The molecule has 0 saturated carbocycles. The monoisotopic (exact) mass is 826 g/mol. The highest BCUT2D eigenvalue weighted by atomic mass is 16.5. The molecule has 13 rings (SSSR count). The molecule has 0 radical (unpaired) electrons. The normalized spacial score (nSPS) is 14.6. The van der Waals surface area contributed by atoms with Crippen molar-refractivity contribution in [2.24, 2.45) is 0 Å². The van der Waals surface area contributed by atoms with Crippen LogP contribution in [0.25, 0.3) is 61.4 Å². The van der Waals surface area contributed by atoms with E-state index in [-0.39, 0.29) is 6.04 Å². The summed E-state index contributed by atoms with van der Waals surface area (Å²) in [4.78, 5) is 4.58. The van der Waals surface area contributed by atoms with Gasteiger partial charge >= 0.3 is 0 Å². The van der Waals surface area contributed by atoms with Crippen molar-refractivity contribution < 1.29 is 18.3 Å². The zero-order chi connectivity index (χ0) is 42.5. The molecular formula is C58H38N2O4. The van der Waals surface area contributed by atoms with Crippen LogP contribution in [0.2, 0.25) is 0 Å². The van der Waals surface area contributed by atoms with Gasteiger partial charge in [0.25, 0.3) is 0 Å². The van der Waals surface area contributed by atoms with Crippen molar-refractivity contribution in [1.29, 1.82) is 0 Å². The summed E-state index contributed by atoms with van der Waals surface area (Å²) in [5.41, 5.74) is 14.3. The van der Waals surface area contributed by atoms with E-state index in [0.717, 1.165) is 124 Å².